The van der Waals surface area contributed by atoms with E-state index in [-0.39, 0.29) is 16.7 Å². The molecule has 0 radical (unpaired) electrons. The lowest BCUT2D eigenvalue weighted by molar-refractivity contribution is -0.114. The van der Waals surface area contributed by atoms with E-state index in [1.807, 2.05) is 13.0 Å². The largest absolute Gasteiger partial charge is 0.497 e. The molecule has 0 aliphatic rings. The maximum absolute atomic E-state index is 12.5. The third kappa shape index (κ3) is 4.17. The molecule has 1 heterocycles. The van der Waals surface area contributed by atoms with Gasteiger partial charge in [-0.3, -0.25) is 4.79 Å². The van der Waals surface area contributed by atoms with Gasteiger partial charge in [0.05, 0.1) is 12.6 Å². The number of nitrogens with one attached hydrogen (secondary N) is 1. The lowest BCUT2D eigenvalue weighted by Gasteiger charge is -2.10. The Kier molecular flexibility index (Phi) is 5.00. The summed E-state index contributed by atoms with van der Waals surface area (Å²) < 4.78 is 35.4. The van der Waals surface area contributed by atoms with E-state index >= 15 is 0 Å². The van der Waals surface area contributed by atoms with E-state index in [0.717, 1.165) is 10.9 Å². The molecule has 8 heteroatoms. The van der Waals surface area contributed by atoms with Crippen molar-refractivity contribution in [1.82, 2.24) is 4.98 Å². The van der Waals surface area contributed by atoms with Crippen LogP contribution in [0.25, 0.3) is 10.9 Å². The van der Waals surface area contributed by atoms with Gasteiger partial charge in [-0.25, -0.2) is 4.98 Å². The Morgan fingerprint density at radius 1 is 1.07 bits per heavy atom. The molecule has 3 rings (SSSR count). The summed E-state index contributed by atoms with van der Waals surface area (Å²) in [6.07, 6.45) is 0. The minimum absolute atomic E-state index is 0.0175. The summed E-state index contributed by atoms with van der Waals surface area (Å²) in [4.78, 5) is 15.3. The van der Waals surface area contributed by atoms with Crippen LogP contribution in [-0.2, 0) is 14.9 Å². The van der Waals surface area contributed by atoms with Crippen molar-refractivity contribution in [2.75, 3.05) is 12.4 Å². The van der Waals surface area contributed by atoms with Gasteiger partial charge in [-0.1, -0.05) is 0 Å². The molecule has 0 saturated heterocycles. The summed E-state index contributed by atoms with van der Waals surface area (Å²) in [6, 6.07) is 12.6. The first kappa shape index (κ1) is 18.7. The van der Waals surface area contributed by atoms with Crippen LogP contribution in [0.5, 0.6) is 11.6 Å². The first-order valence-electron chi connectivity index (χ1n) is 8.06. The topological polar surface area (TPSA) is 94.6 Å². The number of hydrogen-bond donors (Lipinski definition) is 1. The van der Waals surface area contributed by atoms with Crippen molar-refractivity contribution in [2.45, 2.75) is 18.7 Å². The molecule has 3 aromatic rings. The van der Waals surface area contributed by atoms with Crippen molar-refractivity contribution in [2.24, 2.45) is 0 Å². The van der Waals surface area contributed by atoms with E-state index in [1.54, 1.807) is 25.3 Å². The van der Waals surface area contributed by atoms with Gasteiger partial charge in [-0.05, 0) is 55.0 Å². The van der Waals surface area contributed by atoms with Crippen LogP contribution in [0.4, 0.5) is 5.69 Å². The number of carbonyl (C=O) groups excluding carboxylic acids is 1. The Bertz CT molecular complexity index is 1110. The van der Waals surface area contributed by atoms with E-state index in [4.69, 9.17) is 8.92 Å². The molecule has 0 aliphatic heterocycles. The molecule has 0 saturated carbocycles. The first-order valence-corrected chi connectivity index (χ1v) is 9.47. The summed E-state index contributed by atoms with van der Waals surface area (Å²) in [5.41, 5.74) is 1.90. The van der Waals surface area contributed by atoms with E-state index in [9.17, 15) is 13.2 Å². The fourth-order valence-corrected chi connectivity index (χ4v) is 3.46. The average molecular weight is 386 g/mol. The minimum Gasteiger partial charge on any atom is -0.497 e. The molecule has 1 amide bonds. The van der Waals surface area contributed by atoms with Gasteiger partial charge in [0.2, 0.25) is 11.8 Å². The Balaban J connectivity index is 1.90. The molecule has 0 unspecified atom stereocenters. The number of rotatable bonds is 5. The number of pyridine rings is 1. The highest BCUT2D eigenvalue weighted by atomic mass is 32.2. The van der Waals surface area contributed by atoms with Gasteiger partial charge in [-0.2, -0.15) is 8.42 Å². The van der Waals surface area contributed by atoms with Gasteiger partial charge in [-0.15, -0.1) is 0 Å². The highest BCUT2D eigenvalue weighted by Crippen LogP contribution is 2.27. The van der Waals surface area contributed by atoms with Crippen LogP contribution >= 0.6 is 0 Å². The van der Waals surface area contributed by atoms with Crippen molar-refractivity contribution >= 4 is 32.6 Å². The second kappa shape index (κ2) is 7.24. The summed E-state index contributed by atoms with van der Waals surface area (Å²) in [7, 11) is -2.48. The molecule has 1 N–H and O–H groups in total. The molecule has 1 aromatic heterocycles. The zero-order valence-corrected chi connectivity index (χ0v) is 15.8. The number of carbonyl (C=O) groups is 1. The van der Waals surface area contributed by atoms with Crippen molar-refractivity contribution < 1.29 is 22.1 Å². The lowest BCUT2D eigenvalue weighted by Crippen LogP contribution is -2.11. The number of benzene rings is 2. The van der Waals surface area contributed by atoms with Crippen LogP contribution in [-0.4, -0.2) is 26.4 Å². The fourth-order valence-electron chi connectivity index (χ4n) is 2.58. The monoisotopic (exact) mass is 386 g/mol. The summed E-state index contributed by atoms with van der Waals surface area (Å²) in [5.74, 6) is 0.429. The van der Waals surface area contributed by atoms with Gasteiger partial charge < -0.3 is 14.2 Å². The summed E-state index contributed by atoms with van der Waals surface area (Å²) >= 11 is 0. The van der Waals surface area contributed by atoms with Crippen molar-refractivity contribution in [1.29, 1.82) is 0 Å². The first-order chi connectivity index (χ1) is 12.8. The predicted molar refractivity (Wildman–Crippen MR) is 102 cm³/mol. The Morgan fingerprint density at radius 3 is 2.41 bits per heavy atom. The van der Waals surface area contributed by atoms with Crippen LogP contribution in [0.2, 0.25) is 0 Å². The molecular formula is C19H18N2O5S. The second-order valence-corrected chi connectivity index (χ2v) is 7.45. The number of anilines is 1. The van der Waals surface area contributed by atoms with Gasteiger partial charge in [0.1, 0.15) is 10.6 Å². The normalized spacial score (nSPS) is 11.2. The van der Waals surface area contributed by atoms with Crippen molar-refractivity contribution in [3.05, 3.63) is 54.1 Å². The molecule has 0 bridgehead atoms. The molecule has 0 aliphatic carbocycles. The van der Waals surface area contributed by atoms with Crippen molar-refractivity contribution in [3.63, 3.8) is 0 Å². The van der Waals surface area contributed by atoms with Gasteiger partial charge >= 0.3 is 10.1 Å². The highest BCUT2D eigenvalue weighted by Gasteiger charge is 2.18. The van der Waals surface area contributed by atoms with Crippen molar-refractivity contribution in [3.8, 4) is 11.6 Å². The Hall–Kier alpha value is -3.13. The molecule has 140 valence electrons. The number of aromatic nitrogens is 1. The van der Waals surface area contributed by atoms with Crippen LogP contribution in [0.15, 0.2) is 53.4 Å². The lowest BCUT2D eigenvalue weighted by atomic mass is 10.1. The van der Waals surface area contributed by atoms with Gasteiger partial charge in [0.15, 0.2) is 0 Å². The summed E-state index contributed by atoms with van der Waals surface area (Å²) in [6.45, 7) is 3.21. The third-order valence-corrected chi connectivity index (χ3v) is 5.10. The fraction of sp³-hybridized carbons (Fsp3) is 0.158. The molecule has 2 aromatic carbocycles. The minimum atomic E-state index is -4.06. The number of ether oxygens (including phenoxy) is 1. The molecule has 27 heavy (non-hydrogen) atoms. The number of aryl methyl sites for hydroxylation is 1. The zero-order valence-electron chi connectivity index (χ0n) is 15.0. The maximum atomic E-state index is 12.5. The number of nitrogens with zero attached hydrogens (tertiary/aromatic N) is 1. The van der Waals surface area contributed by atoms with E-state index in [0.29, 0.717) is 17.0 Å². The van der Waals surface area contributed by atoms with Crippen LogP contribution in [0.1, 0.15) is 12.5 Å². The highest BCUT2D eigenvalue weighted by molar-refractivity contribution is 7.87. The van der Waals surface area contributed by atoms with Crippen LogP contribution < -0.4 is 14.2 Å². The standard InChI is InChI=1S/C19H18N2O5S/c1-12-10-19(21-18-9-6-15(25-3)11-17(12)18)26-27(23,24)16-7-4-14(5-8-16)20-13(2)22/h4-11H,1-3H3,(H,20,22). The van der Waals surface area contributed by atoms with Gasteiger partial charge in [0.25, 0.3) is 0 Å². The van der Waals surface area contributed by atoms with E-state index in [1.165, 1.54) is 31.2 Å². The van der Waals surface area contributed by atoms with Crippen LogP contribution in [0.3, 0.4) is 0 Å². The quantitative estimate of drug-likeness (QED) is 0.676. The predicted octanol–water partition coefficient (Wildman–Crippen LogP) is 3.28. The maximum Gasteiger partial charge on any atom is 0.340 e. The number of hydrogen-bond acceptors (Lipinski definition) is 6. The molecule has 0 atom stereocenters. The number of methoxy groups -OCH3 is 1. The summed E-state index contributed by atoms with van der Waals surface area (Å²) in [5, 5.41) is 3.42. The SMILES string of the molecule is COc1ccc2nc(OS(=O)(=O)c3ccc(NC(C)=O)cc3)cc(C)c2c1. The van der Waals surface area contributed by atoms with Gasteiger partial charge in [0, 0.05) is 24.1 Å². The smallest absolute Gasteiger partial charge is 0.340 e. The number of fused-ring (bicyclic) bond motifs is 1. The van der Waals surface area contributed by atoms with E-state index in [2.05, 4.69) is 10.3 Å². The molecule has 7 nitrogen and oxygen atoms in total. The molecular weight excluding hydrogens is 368 g/mol. The second-order valence-electron chi connectivity index (χ2n) is 5.90. The number of amides is 1. The third-order valence-electron chi connectivity index (χ3n) is 3.86. The Morgan fingerprint density at radius 2 is 1.78 bits per heavy atom. The molecule has 0 fully saturated rings. The zero-order chi connectivity index (χ0) is 19.6. The van der Waals surface area contributed by atoms with Crippen LogP contribution in [0, 0.1) is 6.92 Å². The molecule has 0 spiro atoms. The Labute approximate surface area is 157 Å². The van der Waals surface area contributed by atoms with E-state index < -0.39 is 10.1 Å². The average Bonchev–Trinajstić information content (AvgIpc) is 2.61.